The number of hydrogen-bond acceptors (Lipinski definition) is 7. The second-order valence-corrected chi connectivity index (χ2v) is 11.3. The van der Waals surface area contributed by atoms with Crippen molar-refractivity contribution >= 4 is 35.2 Å². The van der Waals surface area contributed by atoms with Gasteiger partial charge in [-0.25, -0.2) is 0 Å². The summed E-state index contributed by atoms with van der Waals surface area (Å²) in [5.41, 5.74) is 0.714. The van der Waals surface area contributed by atoms with Gasteiger partial charge in [0.15, 0.2) is 0 Å². The molecular formula is C26H30N2O6S. The summed E-state index contributed by atoms with van der Waals surface area (Å²) >= 11 is 1.53. The number of nitrogens with zero attached hydrogens (tertiary/aromatic N) is 2. The van der Waals surface area contributed by atoms with Crippen molar-refractivity contribution in [2.45, 2.75) is 35.3 Å². The number of rotatable bonds is 6. The maximum absolute atomic E-state index is 14.2. The van der Waals surface area contributed by atoms with Crippen LogP contribution in [0.1, 0.15) is 19.8 Å². The Morgan fingerprint density at radius 1 is 1.09 bits per heavy atom. The van der Waals surface area contributed by atoms with Gasteiger partial charge in [0.05, 0.1) is 23.7 Å². The summed E-state index contributed by atoms with van der Waals surface area (Å²) in [6, 6.07) is 6.51. The molecule has 9 heteroatoms. The molecule has 0 aliphatic carbocycles. The molecule has 0 aromatic heterocycles. The molecule has 1 aromatic carbocycles. The highest BCUT2D eigenvalue weighted by Crippen LogP contribution is 2.65. The zero-order chi connectivity index (χ0) is 24.8. The Morgan fingerprint density at radius 2 is 1.86 bits per heavy atom. The largest absolute Gasteiger partial charge is 0.497 e. The number of ether oxygens (including phenoxy) is 2. The third-order valence-electron chi connectivity index (χ3n) is 7.50. The van der Waals surface area contributed by atoms with Gasteiger partial charge in [0.2, 0.25) is 5.91 Å². The van der Waals surface area contributed by atoms with Crippen LogP contribution in [0.25, 0.3) is 0 Å². The third kappa shape index (κ3) is 3.67. The van der Waals surface area contributed by atoms with Crippen LogP contribution in [0.4, 0.5) is 5.69 Å². The number of aliphatic hydroxyl groups excluding tert-OH is 1. The molecule has 1 spiro atoms. The number of benzene rings is 1. The van der Waals surface area contributed by atoms with Crippen LogP contribution < -0.4 is 9.64 Å². The monoisotopic (exact) mass is 498 g/mol. The van der Waals surface area contributed by atoms with E-state index < -0.39 is 33.3 Å². The summed E-state index contributed by atoms with van der Waals surface area (Å²) in [7, 11) is 1.59. The Morgan fingerprint density at radius 3 is 2.57 bits per heavy atom. The van der Waals surface area contributed by atoms with Crippen LogP contribution in [-0.4, -0.2) is 76.7 Å². The molecule has 8 nitrogen and oxygen atoms in total. The fraction of sp³-hybridized carbons (Fsp3) is 0.500. The number of esters is 1. The van der Waals surface area contributed by atoms with Gasteiger partial charge < -0.3 is 24.4 Å². The Bertz CT molecular complexity index is 1090. The maximum Gasteiger partial charge on any atom is 0.311 e. The Kier molecular flexibility index (Phi) is 6.17. The van der Waals surface area contributed by atoms with Crippen LogP contribution in [0.15, 0.2) is 48.6 Å². The number of anilines is 1. The minimum atomic E-state index is -0.894. The van der Waals surface area contributed by atoms with Crippen LogP contribution in [0.5, 0.6) is 5.75 Å². The lowest BCUT2D eigenvalue weighted by Gasteiger charge is -2.36. The summed E-state index contributed by atoms with van der Waals surface area (Å²) in [5.74, 6) is -1.47. The van der Waals surface area contributed by atoms with E-state index in [0.717, 1.165) is 0 Å². The molecule has 2 amide bonds. The van der Waals surface area contributed by atoms with Gasteiger partial charge in [0, 0.05) is 30.1 Å². The molecule has 0 bridgehead atoms. The number of methoxy groups -OCH3 is 1. The van der Waals surface area contributed by atoms with Crippen molar-refractivity contribution in [3.05, 3.63) is 48.6 Å². The van der Waals surface area contributed by atoms with Crippen LogP contribution in [-0.2, 0) is 19.1 Å². The Labute approximate surface area is 208 Å². The maximum atomic E-state index is 14.2. The first kappa shape index (κ1) is 23.9. The number of amides is 2. The number of carbonyl (C=O) groups excluding carboxylic acids is 3. The first-order valence-corrected chi connectivity index (χ1v) is 12.8. The highest BCUT2D eigenvalue weighted by Gasteiger charge is 2.74. The fourth-order valence-corrected chi connectivity index (χ4v) is 8.14. The topological polar surface area (TPSA) is 96.4 Å². The summed E-state index contributed by atoms with van der Waals surface area (Å²) in [6.45, 7) is 2.86. The third-order valence-corrected chi connectivity index (χ3v) is 9.30. The van der Waals surface area contributed by atoms with Crippen molar-refractivity contribution in [2.75, 3.05) is 38.3 Å². The van der Waals surface area contributed by atoms with E-state index in [0.29, 0.717) is 37.4 Å². The molecule has 0 radical (unpaired) electrons. The summed E-state index contributed by atoms with van der Waals surface area (Å²) in [4.78, 5) is 44.7. The van der Waals surface area contributed by atoms with Crippen LogP contribution >= 0.6 is 11.8 Å². The summed E-state index contributed by atoms with van der Waals surface area (Å²) in [5, 5.41) is 9.31. The molecular weight excluding hydrogens is 468 g/mol. The van der Waals surface area contributed by atoms with E-state index in [1.165, 1.54) is 11.8 Å². The van der Waals surface area contributed by atoms with E-state index in [9.17, 15) is 19.5 Å². The van der Waals surface area contributed by atoms with Crippen molar-refractivity contribution in [1.29, 1.82) is 0 Å². The lowest BCUT2D eigenvalue weighted by atomic mass is 9.75. The molecule has 35 heavy (non-hydrogen) atoms. The average Bonchev–Trinajstić information content (AvgIpc) is 3.10. The van der Waals surface area contributed by atoms with E-state index in [-0.39, 0.29) is 25.0 Å². The average molecular weight is 499 g/mol. The molecule has 4 heterocycles. The number of cyclic esters (lactones) is 1. The zero-order valence-electron chi connectivity index (χ0n) is 19.9. The number of aliphatic hydroxyl groups is 1. The number of unbranched alkanes of at least 4 members (excludes halogenated alkanes) is 1. The molecule has 1 N–H and O–H groups in total. The van der Waals surface area contributed by atoms with E-state index in [1.807, 2.05) is 43.4 Å². The second kappa shape index (κ2) is 9.02. The van der Waals surface area contributed by atoms with Crippen molar-refractivity contribution in [1.82, 2.24) is 4.90 Å². The van der Waals surface area contributed by atoms with Crippen molar-refractivity contribution in [3.8, 4) is 5.75 Å². The number of fused-ring (bicyclic) bond motifs is 2. The lowest BCUT2D eigenvalue weighted by molar-refractivity contribution is -0.152. The zero-order valence-corrected chi connectivity index (χ0v) is 20.7. The second-order valence-electron chi connectivity index (χ2n) is 9.54. The smallest absolute Gasteiger partial charge is 0.311 e. The molecule has 2 fully saturated rings. The predicted molar refractivity (Wildman–Crippen MR) is 132 cm³/mol. The predicted octanol–water partition coefficient (Wildman–Crippen LogP) is 2.17. The SMILES string of the molecule is COc1ccc(N2CC=C[C@]34S[C@]5(C)C=CCOC(=O)[C@@H]5[C@H]3C(=O)N(CCCCO)C4C2=O)cc1. The van der Waals surface area contributed by atoms with Crippen LogP contribution in [0.2, 0.25) is 0 Å². The minimum Gasteiger partial charge on any atom is -0.497 e. The standard InChI is InChI=1S/C26H30N2O6S/c1-25-11-6-16-34-24(32)20(25)19-22(30)28(13-3-4-15-29)21-23(31)27(14-5-12-26(19,21)35-25)17-7-9-18(33-2)10-8-17/h5-12,19-21,29H,3-4,13-16H2,1-2H3/t19-,20-,21?,25+,26-/m0/s1. The minimum absolute atomic E-state index is 0.0135. The molecule has 1 aromatic rings. The molecule has 0 saturated carbocycles. The summed E-state index contributed by atoms with van der Waals surface area (Å²) < 4.78 is 9.15. The number of carbonyl (C=O) groups is 3. The molecule has 4 aliphatic heterocycles. The van der Waals surface area contributed by atoms with Gasteiger partial charge in [-0.15, -0.1) is 11.8 Å². The van der Waals surface area contributed by atoms with Crippen molar-refractivity contribution < 1.29 is 29.0 Å². The highest BCUT2D eigenvalue weighted by atomic mass is 32.2. The van der Waals surface area contributed by atoms with E-state index in [1.54, 1.807) is 29.0 Å². The fourth-order valence-electron chi connectivity index (χ4n) is 5.98. The summed E-state index contributed by atoms with van der Waals surface area (Å²) in [6.07, 6.45) is 8.81. The molecule has 186 valence electrons. The van der Waals surface area contributed by atoms with Crippen molar-refractivity contribution in [3.63, 3.8) is 0 Å². The molecule has 5 rings (SSSR count). The van der Waals surface area contributed by atoms with E-state index in [2.05, 4.69) is 0 Å². The van der Waals surface area contributed by atoms with Crippen molar-refractivity contribution in [2.24, 2.45) is 11.8 Å². The molecule has 1 unspecified atom stereocenters. The lowest BCUT2D eigenvalue weighted by Crippen LogP contribution is -2.53. The quantitative estimate of drug-likeness (QED) is 0.365. The normalized spacial score (nSPS) is 33.7. The van der Waals surface area contributed by atoms with Gasteiger partial charge >= 0.3 is 5.97 Å². The van der Waals surface area contributed by atoms with Gasteiger partial charge in [-0.05, 0) is 50.1 Å². The highest BCUT2D eigenvalue weighted by molar-refractivity contribution is 8.02. The van der Waals surface area contributed by atoms with Crippen LogP contribution in [0, 0.1) is 11.8 Å². The number of likely N-dealkylation sites (tertiary alicyclic amines) is 1. The van der Waals surface area contributed by atoms with E-state index in [4.69, 9.17) is 9.47 Å². The first-order chi connectivity index (χ1) is 16.9. The van der Waals surface area contributed by atoms with Gasteiger partial charge in [-0.2, -0.15) is 0 Å². The van der Waals surface area contributed by atoms with Gasteiger partial charge in [-0.1, -0.05) is 18.2 Å². The number of hydrogen-bond donors (Lipinski definition) is 1. The first-order valence-electron chi connectivity index (χ1n) is 12.0. The number of thioether (sulfide) groups is 1. The molecule has 5 atom stereocenters. The molecule has 4 aliphatic rings. The van der Waals surface area contributed by atoms with Crippen LogP contribution in [0.3, 0.4) is 0 Å². The van der Waals surface area contributed by atoms with Gasteiger partial charge in [0.25, 0.3) is 5.91 Å². The molecule has 2 saturated heterocycles. The van der Waals surface area contributed by atoms with Gasteiger partial charge in [0.1, 0.15) is 18.4 Å². The Hall–Kier alpha value is -2.78. The van der Waals surface area contributed by atoms with E-state index >= 15 is 0 Å². The van der Waals surface area contributed by atoms with Gasteiger partial charge in [-0.3, -0.25) is 14.4 Å². The Balaban J connectivity index is 1.60.